The summed E-state index contributed by atoms with van der Waals surface area (Å²) < 4.78 is 0.734. The summed E-state index contributed by atoms with van der Waals surface area (Å²) in [6, 6.07) is 16.4. The van der Waals surface area contributed by atoms with Crippen LogP contribution < -0.4 is 15.5 Å². The number of aromatic nitrogens is 2. The van der Waals surface area contributed by atoms with Crippen LogP contribution in [0.2, 0.25) is 0 Å². The molecule has 0 saturated heterocycles. The minimum absolute atomic E-state index is 0.0738. The lowest BCUT2D eigenvalue weighted by Crippen LogP contribution is -2.35. The van der Waals surface area contributed by atoms with Crippen molar-refractivity contribution in [3.05, 3.63) is 76.7 Å². The number of halogens is 1. The minimum Gasteiger partial charge on any atom is -0.395 e. The van der Waals surface area contributed by atoms with E-state index in [1.54, 1.807) is 6.07 Å². The average Bonchev–Trinajstić information content (AvgIpc) is 2.75. The Morgan fingerprint density at radius 2 is 1.90 bits per heavy atom. The zero-order chi connectivity index (χ0) is 21.5. The zero-order valence-electron chi connectivity index (χ0n) is 15.9. The first-order valence-electron chi connectivity index (χ1n) is 9.04. The molecule has 0 aliphatic carbocycles. The Kier molecular flexibility index (Phi) is 6.95. The molecule has 0 aliphatic rings. The third kappa shape index (κ3) is 4.92. The number of benzene rings is 2. The highest BCUT2D eigenvalue weighted by Gasteiger charge is 2.23. The fraction of sp³-hybridized carbons (Fsp3) is 0.143. The lowest BCUT2D eigenvalue weighted by atomic mass is 10.1. The number of primary amides is 1. The van der Waals surface area contributed by atoms with Gasteiger partial charge in [0, 0.05) is 17.6 Å². The smallest absolute Gasteiger partial charge is 0.325 e. The maximum atomic E-state index is 12.4. The van der Waals surface area contributed by atoms with Crippen LogP contribution >= 0.6 is 15.9 Å². The van der Waals surface area contributed by atoms with Crippen molar-refractivity contribution in [2.75, 3.05) is 23.0 Å². The van der Waals surface area contributed by atoms with Gasteiger partial charge >= 0.3 is 6.03 Å². The SMILES string of the molecule is N#Cc1cnc(N(C(N)=O)c2cc(Br)ccc2N(CCO)Cc2ccccc2)cn1. The zero-order valence-corrected chi connectivity index (χ0v) is 17.5. The van der Waals surface area contributed by atoms with E-state index in [1.807, 2.05) is 53.4 Å². The van der Waals surface area contributed by atoms with Crippen LogP contribution in [0.15, 0.2) is 65.4 Å². The van der Waals surface area contributed by atoms with Crippen LogP contribution in [-0.4, -0.2) is 34.3 Å². The molecule has 9 heteroatoms. The molecule has 0 bridgehead atoms. The minimum atomic E-state index is -0.753. The third-order valence-corrected chi connectivity index (χ3v) is 4.80. The fourth-order valence-electron chi connectivity index (χ4n) is 3.00. The van der Waals surface area contributed by atoms with Gasteiger partial charge in [-0.3, -0.25) is 0 Å². The van der Waals surface area contributed by atoms with Crippen molar-refractivity contribution < 1.29 is 9.90 Å². The average molecular weight is 467 g/mol. The summed E-state index contributed by atoms with van der Waals surface area (Å²) >= 11 is 3.44. The number of aliphatic hydroxyl groups excluding tert-OH is 1. The predicted molar refractivity (Wildman–Crippen MR) is 117 cm³/mol. The Morgan fingerprint density at radius 1 is 1.13 bits per heavy atom. The van der Waals surface area contributed by atoms with Crippen molar-refractivity contribution in [2.24, 2.45) is 5.73 Å². The Morgan fingerprint density at radius 3 is 2.50 bits per heavy atom. The van der Waals surface area contributed by atoms with Gasteiger partial charge in [-0.1, -0.05) is 46.3 Å². The van der Waals surface area contributed by atoms with Crippen molar-refractivity contribution in [3.63, 3.8) is 0 Å². The molecule has 0 atom stereocenters. The number of nitriles is 1. The molecule has 1 heterocycles. The number of amides is 2. The van der Waals surface area contributed by atoms with Crippen LogP contribution in [-0.2, 0) is 6.54 Å². The molecular weight excluding hydrogens is 448 g/mol. The van der Waals surface area contributed by atoms with Gasteiger partial charge in [0.15, 0.2) is 11.5 Å². The van der Waals surface area contributed by atoms with Gasteiger partial charge in [-0.15, -0.1) is 0 Å². The fourth-order valence-corrected chi connectivity index (χ4v) is 3.35. The molecule has 0 fully saturated rings. The van der Waals surface area contributed by atoms with E-state index in [4.69, 9.17) is 11.0 Å². The van der Waals surface area contributed by atoms with E-state index in [0.717, 1.165) is 10.0 Å². The van der Waals surface area contributed by atoms with Crippen LogP contribution in [0.4, 0.5) is 22.0 Å². The molecule has 0 spiro atoms. The molecule has 3 aromatic rings. The molecule has 2 amide bonds. The Hall–Kier alpha value is -3.48. The van der Waals surface area contributed by atoms with Gasteiger partial charge in [-0.2, -0.15) is 5.26 Å². The number of urea groups is 1. The van der Waals surface area contributed by atoms with Crippen molar-refractivity contribution >= 4 is 39.2 Å². The van der Waals surface area contributed by atoms with Crippen molar-refractivity contribution in [1.29, 1.82) is 5.26 Å². The molecule has 8 nitrogen and oxygen atoms in total. The number of rotatable bonds is 7. The Bertz CT molecular complexity index is 1050. The number of carbonyl (C=O) groups excluding carboxylic acids is 1. The lowest BCUT2D eigenvalue weighted by molar-refractivity contribution is 0.256. The summed E-state index contributed by atoms with van der Waals surface area (Å²) in [6.45, 7) is 0.784. The van der Waals surface area contributed by atoms with Crippen molar-refractivity contribution in [1.82, 2.24) is 9.97 Å². The van der Waals surface area contributed by atoms with Crippen LogP contribution in [0.25, 0.3) is 0 Å². The van der Waals surface area contributed by atoms with Gasteiger partial charge in [-0.25, -0.2) is 19.7 Å². The largest absolute Gasteiger partial charge is 0.395 e. The third-order valence-electron chi connectivity index (χ3n) is 4.31. The molecule has 0 radical (unpaired) electrons. The quantitative estimate of drug-likeness (QED) is 0.550. The Balaban J connectivity index is 2.09. The summed E-state index contributed by atoms with van der Waals surface area (Å²) in [5, 5.41) is 18.6. The van der Waals surface area contributed by atoms with Crippen molar-refractivity contribution in [3.8, 4) is 6.07 Å². The molecule has 0 saturated carbocycles. The molecular formula is C21H19BrN6O2. The highest BCUT2D eigenvalue weighted by atomic mass is 79.9. The summed E-state index contributed by atoms with van der Waals surface area (Å²) in [5.74, 6) is 0.185. The van der Waals surface area contributed by atoms with Gasteiger partial charge in [0.05, 0.1) is 30.4 Å². The lowest BCUT2D eigenvalue weighted by Gasteiger charge is -2.30. The van der Waals surface area contributed by atoms with E-state index >= 15 is 0 Å². The number of hydrogen-bond acceptors (Lipinski definition) is 6. The van der Waals surface area contributed by atoms with E-state index in [9.17, 15) is 9.90 Å². The number of anilines is 3. The molecule has 152 valence electrons. The predicted octanol–water partition coefficient (Wildman–Crippen LogP) is 3.33. The number of nitrogens with zero attached hydrogens (tertiary/aromatic N) is 5. The van der Waals surface area contributed by atoms with E-state index in [1.165, 1.54) is 17.3 Å². The monoisotopic (exact) mass is 466 g/mol. The van der Waals surface area contributed by atoms with E-state index in [0.29, 0.717) is 24.5 Å². The normalized spacial score (nSPS) is 10.3. The molecule has 30 heavy (non-hydrogen) atoms. The summed E-state index contributed by atoms with van der Waals surface area (Å²) in [7, 11) is 0. The molecule has 0 aliphatic heterocycles. The summed E-state index contributed by atoms with van der Waals surface area (Å²) in [5.41, 5.74) is 8.02. The van der Waals surface area contributed by atoms with E-state index in [2.05, 4.69) is 25.9 Å². The number of aliphatic hydroxyl groups is 1. The van der Waals surface area contributed by atoms with Crippen LogP contribution in [0, 0.1) is 11.3 Å². The van der Waals surface area contributed by atoms with Gasteiger partial charge in [0.1, 0.15) is 6.07 Å². The molecule has 3 rings (SSSR count). The summed E-state index contributed by atoms with van der Waals surface area (Å²) in [6.07, 6.45) is 2.60. The van der Waals surface area contributed by atoms with E-state index < -0.39 is 6.03 Å². The summed E-state index contributed by atoms with van der Waals surface area (Å²) in [4.78, 5) is 23.7. The van der Waals surface area contributed by atoms with Crippen LogP contribution in [0.3, 0.4) is 0 Å². The van der Waals surface area contributed by atoms with Crippen molar-refractivity contribution in [2.45, 2.75) is 6.54 Å². The first-order chi connectivity index (χ1) is 14.5. The molecule has 2 aromatic carbocycles. The highest BCUT2D eigenvalue weighted by molar-refractivity contribution is 9.10. The number of nitrogens with two attached hydrogens (primary N) is 1. The van der Waals surface area contributed by atoms with Crippen LogP contribution in [0.5, 0.6) is 0 Å². The second kappa shape index (κ2) is 9.82. The first-order valence-corrected chi connectivity index (χ1v) is 9.83. The standard InChI is InChI=1S/C21H19BrN6O2/c22-16-6-7-18(27(8-9-29)14-15-4-2-1-3-5-15)19(10-16)28(21(24)30)20-13-25-17(11-23)12-26-20/h1-7,10,12-13,29H,8-9,14H2,(H2,24,30). The van der Waals surface area contributed by atoms with Gasteiger partial charge < -0.3 is 15.7 Å². The van der Waals surface area contributed by atoms with Gasteiger partial charge in [-0.05, 0) is 23.8 Å². The highest BCUT2D eigenvalue weighted by Crippen LogP contribution is 2.36. The molecule has 0 unspecified atom stereocenters. The van der Waals surface area contributed by atoms with E-state index in [-0.39, 0.29) is 18.1 Å². The Labute approximate surface area is 182 Å². The van der Waals surface area contributed by atoms with Gasteiger partial charge in [0.25, 0.3) is 0 Å². The maximum Gasteiger partial charge on any atom is 0.325 e. The maximum absolute atomic E-state index is 12.4. The second-order valence-corrected chi connectivity index (χ2v) is 7.22. The molecule has 3 N–H and O–H groups in total. The van der Waals surface area contributed by atoms with Gasteiger partial charge in [0.2, 0.25) is 0 Å². The topological polar surface area (TPSA) is 119 Å². The molecule has 1 aromatic heterocycles. The first kappa shape index (κ1) is 21.2. The second-order valence-electron chi connectivity index (χ2n) is 6.31. The number of hydrogen-bond donors (Lipinski definition) is 2. The van der Waals surface area contributed by atoms with Crippen LogP contribution in [0.1, 0.15) is 11.3 Å². The number of carbonyl (C=O) groups is 1.